The van der Waals surface area contributed by atoms with Crippen molar-refractivity contribution in [2.45, 2.75) is 24.7 Å². The molecule has 3 aliphatic rings. The van der Waals surface area contributed by atoms with Crippen molar-refractivity contribution in [1.29, 1.82) is 0 Å². The summed E-state index contributed by atoms with van der Waals surface area (Å²) < 4.78 is 2.47. The second kappa shape index (κ2) is 12.4. The molecule has 3 aliphatic carbocycles. The molecule has 1 unspecified atom stereocenters. The predicted molar refractivity (Wildman–Crippen MR) is 263 cm³/mol. The van der Waals surface area contributed by atoms with Gasteiger partial charge in [0.2, 0.25) is 0 Å². The second-order valence-electron chi connectivity index (χ2n) is 18.3. The van der Waals surface area contributed by atoms with Crippen LogP contribution in [0.15, 0.2) is 212 Å². The van der Waals surface area contributed by atoms with Crippen LogP contribution in [0.3, 0.4) is 0 Å². The number of benzene rings is 10. The van der Waals surface area contributed by atoms with E-state index < -0.39 is 5.41 Å². The molecule has 0 saturated carbocycles. The summed E-state index contributed by atoms with van der Waals surface area (Å²) in [5.41, 5.74) is 24.3. The van der Waals surface area contributed by atoms with Crippen LogP contribution in [0.2, 0.25) is 0 Å². The summed E-state index contributed by atoms with van der Waals surface area (Å²) in [4.78, 5) is 0. The Hall–Kier alpha value is -7.74. The average Bonchev–Trinajstić information content (AvgIpc) is 4.01. The Morgan fingerprint density at radius 2 is 0.937 bits per heavy atom. The van der Waals surface area contributed by atoms with Crippen molar-refractivity contribution in [3.8, 4) is 61.3 Å². The zero-order valence-corrected chi connectivity index (χ0v) is 35.2. The maximum Gasteiger partial charge on any atom is 0.0731 e. The van der Waals surface area contributed by atoms with Gasteiger partial charge < -0.3 is 4.57 Å². The smallest absolute Gasteiger partial charge is 0.0731 e. The summed E-state index contributed by atoms with van der Waals surface area (Å²) in [5, 5.41) is 5.16. The maximum atomic E-state index is 2.51. The SMILES string of the molecule is CC1(C)c2cc(-c3cccc4c3-c3ccccc3C43c4ccccc4-c4ccc5ccccc5c43)ccc2-c2ccc(-n3c4ccccc4c4cc(-c5ccccc5)ccc43)cc21. The molecule has 0 aliphatic heterocycles. The molecule has 0 fully saturated rings. The average molecular weight is 800 g/mol. The van der Waals surface area contributed by atoms with Crippen LogP contribution in [-0.4, -0.2) is 4.57 Å². The first-order chi connectivity index (χ1) is 31.0. The molecule has 1 atom stereocenters. The van der Waals surface area contributed by atoms with Gasteiger partial charge in [0.15, 0.2) is 0 Å². The van der Waals surface area contributed by atoms with Crippen molar-refractivity contribution in [1.82, 2.24) is 4.57 Å². The number of nitrogens with zero attached hydrogens (tertiary/aromatic N) is 1. The predicted octanol–water partition coefficient (Wildman–Crippen LogP) is 15.9. The van der Waals surface area contributed by atoms with Crippen LogP contribution in [0.5, 0.6) is 0 Å². The molecule has 11 aromatic rings. The lowest BCUT2D eigenvalue weighted by Gasteiger charge is -2.31. The monoisotopic (exact) mass is 799 g/mol. The van der Waals surface area contributed by atoms with Crippen molar-refractivity contribution >= 4 is 32.6 Å². The lowest BCUT2D eigenvalue weighted by Crippen LogP contribution is -2.26. The van der Waals surface area contributed by atoms with Crippen molar-refractivity contribution in [2.24, 2.45) is 0 Å². The molecule has 1 nitrogen and oxygen atoms in total. The van der Waals surface area contributed by atoms with Gasteiger partial charge >= 0.3 is 0 Å². The van der Waals surface area contributed by atoms with E-state index in [0.717, 1.165) is 0 Å². The summed E-state index contributed by atoms with van der Waals surface area (Å²) in [7, 11) is 0. The highest BCUT2D eigenvalue weighted by molar-refractivity contribution is 6.11. The minimum atomic E-state index is -0.423. The molecule has 0 radical (unpaired) electrons. The number of fused-ring (bicyclic) bond motifs is 18. The van der Waals surface area contributed by atoms with E-state index in [1.165, 1.54) is 127 Å². The number of hydrogen-bond acceptors (Lipinski definition) is 0. The topological polar surface area (TPSA) is 4.93 Å². The van der Waals surface area contributed by atoms with Crippen molar-refractivity contribution in [3.05, 3.63) is 246 Å². The molecule has 14 rings (SSSR count). The van der Waals surface area contributed by atoms with E-state index in [1.807, 2.05) is 0 Å². The lowest BCUT2D eigenvalue weighted by molar-refractivity contribution is 0.660. The van der Waals surface area contributed by atoms with Gasteiger partial charge in [-0.3, -0.25) is 0 Å². The third-order valence-corrected chi connectivity index (χ3v) is 15.0. The summed E-state index contributed by atoms with van der Waals surface area (Å²) in [6.07, 6.45) is 0. The first kappa shape index (κ1) is 34.9. The fourth-order valence-corrected chi connectivity index (χ4v) is 12.3. The highest BCUT2D eigenvalue weighted by Gasteiger charge is 2.53. The number of rotatable bonds is 3. The normalized spacial score (nSPS) is 16.0. The minimum absolute atomic E-state index is 0.213. The Morgan fingerprint density at radius 3 is 1.79 bits per heavy atom. The quantitative estimate of drug-likeness (QED) is 0.168. The van der Waals surface area contributed by atoms with Gasteiger partial charge in [-0.2, -0.15) is 0 Å². The summed E-state index contributed by atoms with van der Waals surface area (Å²) in [6, 6.07) is 80.1. The van der Waals surface area contributed by atoms with Crippen LogP contribution in [0, 0.1) is 0 Å². The van der Waals surface area contributed by atoms with Gasteiger partial charge in [-0.25, -0.2) is 0 Å². The first-order valence-electron chi connectivity index (χ1n) is 22.3. The highest BCUT2D eigenvalue weighted by Crippen LogP contribution is 2.65. The Morgan fingerprint density at radius 1 is 0.333 bits per heavy atom. The van der Waals surface area contributed by atoms with Gasteiger partial charge in [0.25, 0.3) is 0 Å². The van der Waals surface area contributed by atoms with Crippen LogP contribution in [-0.2, 0) is 10.8 Å². The van der Waals surface area contributed by atoms with Crippen LogP contribution >= 0.6 is 0 Å². The molecule has 0 bridgehead atoms. The number of hydrogen-bond donors (Lipinski definition) is 0. The molecule has 1 heterocycles. The molecule has 294 valence electrons. The molecular formula is C62H41N. The molecule has 0 N–H and O–H groups in total. The third kappa shape index (κ3) is 4.46. The standard InChI is InChI=1S/C62H41N/c1-61(2)55-36-41(28-31-46(55)47-33-30-42(37-56(47)61)63-57-26-13-10-20-48(57)51-35-40(29-34-58(51)63)38-15-4-3-5-16-38)43-22-14-25-54-59(43)50-21-9-12-24-53(50)62(54)52-23-11-8-19-45(52)49-32-27-39-17-6-7-18-44(39)60(49)62/h3-37H,1-2H3. The van der Waals surface area contributed by atoms with Gasteiger partial charge in [-0.15, -0.1) is 0 Å². The van der Waals surface area contributed by atoms with Crippen molar-refractivity contribution < 1.29 is 0 Å². The maximum absolute atomic E-state index is 2.51. The van der Waals surface area contributed by atoms with Gasteiger partial charge in [-0.05, 0) is 136 Å². The fraction of sp³-hybridized carbons (Fsp3) is 0.0645. The molecule has 1 aromatic heterocycles. The van der Waals surface area contributed by atoms with Crippen LogP contribution < -0.4 is 0 Å². The highest BCUT2D eigenvalue weighted by atomic mass is 15.0. The number of aromatic nitrogens is 1. The van der Waals surface area contributed by atoms with Gasteiger partial charge in [0, 0.05) is 21.9 Å². The van der Waals surface area contributed by atoms with Crippen LogP contribution in [0.4, 0.5) is 0 Å². The summed E-state index contributed by atoms with van der Waals surface area (Å²) in [6.45, 7) is 4.83. The van der Waals surface area contributed by atoms with E-state index >= 15 is 0 Å². The molecular weight excluding hydrogens is 759 g/mol. The first-order valence-corrected chi connectivity index (χ1v) is 22.3. The fourth-order valence-electron chi connectivity index (χ4n) is 12.3. The Labute approximate surface area is 367 Å². The largest absolute Gasteiger partial charge is 0.309 e. The molecule has 0 amide bonds. The summed E-state index contributed by atoms with van der Waals surface area (Å²) >= 11 is 0. The number of para-hydroxylation sites is 1. The van der Waals surface area contributed by atoms with Gasteiger partial charge in [-0.1, -0.05) is 190 Å². The van der Waals surface area contributed by atoms with Crippen molar-refractivity contribution in [2.75, 3.05) is 0 Å². The molecule has 10 aromatic carbocycles. The molecule has 63 heavy (non-hydrogen) atoms. The molecule has 1 heteroatoms. The van der Waals surface area contributed by atoms with E-state index in [1.54, 1.807) is 0 Å². The van der Waals surface area contributed by atoms with Gasteiger partial charge in [0.05, 0.1) is 16.4 Å². The third-order valence-electron chi connectivity index (χ3n) is 15.0. The second-order valence-corrected chi connectivity index (χ2v) is 18.3. The van der Waals surface area contributed by atoms with Crippen LogP contribution in [0.25, 0.3) is 93.9 Å². The van der Waals surface area contributed by atoms with Crippen molar-refractivity contribution in [3.63, 3.8) is 0 Å². The van der Waals surface area contributed by atoms with Gasteiger partial charge in [0.1, 0.15) is 0 Å². The minimum Gasteiger partial charge on any atom is -0.309 e. The van der Waals surface area contributed by atoms with E-state index in [2.05, 4.69) is 231 Å². The Balaban J connectivity index is 0.932. The Kier molecular flexibility index (Phi) is 6.89. The Bertz CT molecular complexity index is 3770. The molecule has 0 saturated heterocycles. The van der Waals surface area contributed by atoms with E-state index in [9.17, 15) is 0 Å². The van der Waals surface area contributed by atoms with E-state index in [-0.39, 0.29) is 5.41 Å². The molecule has 1 spiro atoms. The van der Waals surface area contributed by atoms with Crippen LogP contribution in [0.1, 0.15) is 47.2 Å². The van der Waals surface area contributed by atoms with E-state index in [4.69, 9.17) is 0 Å². The lowest BCUT2D eigenvalue weighted by atomic mass is 9.69. The van der Waals surface area contributed by atoms with E-state index in [0.29, 0.717) is 0 Å². The summed E-state index contributed by atoms with van der Waals surface area (Å²) in [5.74, 6) is 0. The zero-order valence-electron chi connectivity index (χ0n) is 35.2. The zero-order chi connectivity index (χ0) is 41.6.